The summed E-state index contributed by atoms with van der Waals surface area (Å²) in [6.45, 7) is 2.31. The number of carbonyl (C=O) groups excluding carboxylic acids is 1. The Morgan fingerprint density at radius 2 is 2.06 bits per heavy atom. The maximum absolute atomic E-state index is 13.2. The number of halogens is 1. The van der Waals surface area contributed by atoms with Gasteiger partial charge in [0.25, 0.3) is 10.0 Å². The first-order valence-electron chi connectivity index (χ1n) is 10.8. The lowest BCUT2D eigenvalue weighted by atomic mass is 9.99. The van der Waals surface area contributed by atoms with Crippen LogP contribution in [-0.2, 0) is 14.8 Å². The molecule has 35 heavy (non-hydrogen) atoms. The minimum atomic E-state index is -3.70. The molecule has 184 valence electrons. The van der Waals surface area contributed by atoms with E-state index in [1.54, 1.807) is 23.9 Å². The summed E-state index contributed by atoms with van der Waals surface area (Å²) >= 11 is 8.40. The average molecular weight is 552 g/mol. The van der Waals surface area contributed by atoms with Crippen LogP contribution in [0.3, 0.4) is 0 Å². The number of benzene rings is 1. The van der Waals surface area contributed by atoms with E-state index in [0.29, 0.717) is 40.4 Å². The van der Waals surface area contributed by atoms with Crippen LogP contribution in [0.1, 0.15) is 18.5 Å². The molecule has 3 aromatic heterocycles. The van der Waals surface area contributed by atoms with Gasteiger partial charge in [0.15, 0.2) is 0 Å². The number of sulfonamides is 1. The summed E-state index contributed by atoms with van der Waals surface area (Å²) in [5, 5.41) is 8.07. The number of hydrogen-bond donors (Lipinski definition) is 1. The molecule has 0 saturated carbocycles. The monoisotopic (exact) mass is 551 g/mol. The second kappa shape index (κ2) is 9.51. The van der Waals surface area contributed by atoms with Crippen LogP contribution in [0.25, 0.3) is 15.3 Å². The third-order valence-corrected chi connectivity index (χ3v) is 10.3. The third kappa shape index (κ3) is 4.81. The fourth-order valence-electron chi connectivity index (χ4n) is 4.01. The Hall–Kier alpha value is -2.51. The number of methoxy groups -OCH3 is 1. The van der Waals surface area contributed by atoms with Gasteiger partial charge in [0, 0.05) is 25.2 Å². The van der Waals surface area contributed by atoms with Gasteiger partial charge in [-0.25, -0.2) is 13.4 Å². The Labute approximate surface area is 215 Å². The number of nitrogens with zero attached hydrogens (tertiary/aromatic N) is 4. The van der Waals surface area contributed by atoms with Crippen LogP contribution < -0.4 is 10.1 Å². The molecule has 1 amide bonds. The number of hydrogen-bond acceptors (Lipinski definition) is 8. The molecule has 5 rings (SSSR count). The molecule has 1 saturated heterocycles. The Morgan fingerprint density at radius 3 is 2.80 bits per heavy atom. The molecule has 0 aliphatic carbocycles. The van der Waals surface area contributed by atoms with Crippen LogP contribution in [0.2, 0.25) is 4.34 Å². The number of thiazole rings is 1. The number of thiophene rings is 1. The van der Waals surface area contributed by atoms with Crippen molar-refractivity contribution in [1.29, 1.82) is 0 Å². The number of nitrogens with one attached hydrogen (secondary N) is 1. The van der Waals surface area contributed by atoms with Crippen molar-refractivity contribution in [3.05, 3.63) is 46.4 Å². The van der Waals surface area contributed by atoms with Gasteiger partial charge in [-0.05, 0) is 44.0 Å². The van der Waals surface area contributed by atoms with Gasteiger partial charge in [-0.15, -0.1) is 11.3 Å². The molecular weight excluding hydrogens is 530 g/mol. The molecule has 1 fully saturated rings. The summed E-state index contributed by atoms with van der Waals surface area (Å²) in [6.07, 6.45) is 1.19. The number of rotatable bonds is 6. The minimum Gasteiger partial charge on any atom is -0.497 e. The summed E-state index contributed by atoms with van der Waals surface area (Å²) in [6, 6.07) is 10.5. The zero-order valence-electron chi connectivity index (χ0n) is 18.9. The molecule has 13 heteroatoms. The van der Waals surface area contributed by atoms with E-state index in [9.17, 15) is 13.2 Å². The van der Waals surface area contributed by atoms with Crippen LogP contribution in [0.5, 0.6) is 5.75 Å². The molecule has 1 atom stereocenters. The van der Waals surface area contributed by atoms with Crippen molar-refractivity contribution >= 4 is 66.2 Å². The van der Waals surface area contributed by atoms with E-state index in [1.807, 2.05) is 25.1 Å². The second-order valence-electron chi connectivity index (χ2n) is 8.16. The zero-order chi connectivity index (χ0) is 24.7. The molecule has 4 heterocycles. The predicted molar refractivity (Wildman–Crippen MR) is 137 cm³/mol. The van der Waals surface area contributed by atoms with Crippen LogP contribution in [0.4, 0.5) is 5.82 Å². The van der Waals surface area contributed by atoms with Crippen molar-refractivity contribution in [2.45, 2.75) is 24.0 Å². The number of aromatic nitrogens is 3. The second-order valence-corrected chi connectivity index (χ2v) is 13.1. The highest BCUT2D eigenvalue weighted by atomic mass is 35.5. The summed E-state index contributed by atoms with van der Waals surface area (Å²) < 4.78 is 35.8. The highest BCUT2D eigenvalue weighted by Gasteiger charge is 2.34. The fraction of sp³-hybridized carbons (Fsp3) is 0.318. The molecule has 1 unspecified atom stereocenters. The lowest BCUT2D eigenvalue weighted by Gasteiger charge is -2.30. The van der Waals surface area contributed by atoms with E-state index in [4.69, 9.17) is 16.3 Å². The van der Waals surface area contributed by atoms with Crippen molar-refractivity contribution in [2.75, 3.05) is 25.5 Å². The Kier molecular flexibility index (Phi) is 6.57. The maximum Gasteiger partial charge on any atom is 0.252 e. The summed E-state index contributed by atoms with van der Waals surface area (Å²) in [4.78, 5) is 17.9. The first-order valence-corrected chi connectivity index (χ1v) is 14.3. The molecule has 1 N–H and O–H groups in total. The Balaban J connectivity index is 1.36. The van der Waals surface area contributed by atoms with Crippen molar-refractivity contribution < 1.29 is 17.9 Å². The topological polar surface area (TPSA) is 106 Å². The van der Waals surface area contributed by atoms with Gasteiger partial charge >= 0.3 is 0 Å². The highest BCUT2D eigenvalue weighted by molar-refractivity contribution is 7.91. The number of carbonyl (C=O) groups is 1. The van der Waals surface area contributed by atoms with Crippen molar-refractivity contribution in [2.24, 2.45) is 5.92 Å². The van der Waals surface area contributed by atoms with Crippen LogP contribution in [-0.4, -0.2) is 53.6 Å². The fourth-order valence-corrected chi connectivity index (χ4v) is 8.09. The van der Waals surface area contributed by atoms with Gasteiger partial charge in [-0.3, -0.25) is 4.79 Å². The minimum absolute atomic E-state index is 0.109. The maximum atomic E-state index is 13.2. The van der Waals surface area contributed by atoms with Gasteiger partial charge in [-0.2, -0.15) is 14.1 Å². The van der Waals surface area contributed by atoms with Crippen molar-refractivity contribution in [1.82, 2.24) is 19.1 Å². The van der Waals surface area contributed by atoms with E-state index in [0.717, 1.165) is 27.2 Å². The largest absolute Gasteiger partial charge is 0.497 e. The molecule has 9 nitrogen and oxygen atoms in total. The number of amides is 1. The zero-order valence-corrected chi connectivity index (χ0v) is 22.1. The van der Waals surface area contributed by atoms with Crippen LogP contribution in [0, 0.1) is 12.8 Å². The molecule has 0 radical (unpaired) electrons. The van der Waals surface area contributed by atoms with Gasteiger partial charge in [0.2, 0.25) is 11.0 Å². The predicted octanol–water partition coefficient (Wildman–Crippen LogP) is 4.55. The van der Waals surface area contributed by atoms with Crippen molar-refractivity contribution in [3.63, 3.8) is 0 Å². The van der Waals surface area contributed by atoms with E-state index < -0.39 is 15.9 Å². The van der Waals surface area contributed by atoms with Gasteiger partial charge in [0.05, 0.1) is 33.3 Å². The highest BCUT2D eigenvalue weighted by Crippen LogP contribution is 2.32. The molecule has 1 aliphatic rings. The summed E-state index contributed by atoms with van der Waals surface area (Å²) in [5.74, 6) is 0.458. The molecule has 1 aliphatic heterocycles. The molecule has 0 bridgehead atoms. The number of fused-ring (bicyclic) bond motifs is 1. The number of piperidine rings is 1. The SMILES string of the molecule is COc1ccc2sc(-n3nc(C)cc3NC(=O)C3CCCN(S(=O)(=O)c4ccc(Cl)s4)C3)nc2c1. The average Bonchev–Trinajstić information content (AvgIpc) is 3.56. The first kappa shape index (κ1) is 24.2. The van der Waals surface area contributed by atoms with E-state index >= 15 is 0 Å². The van der Waals surface area contributed by atoms with Crippen molar-refractivity contribution in [3.8, 4) is 10.9 Å². The molecular formula is C22H22ClN5O4S3. The lowest BCUT2D eigenvalue weighted by molar-refractivity contribution is -0.120. The number of aryl methyl sites for hydroxylation is 1. The first-order chi connectivity index (χ1) is 16.7. The quantitative estimate of drug-likeness (QED) is 0.377. The van der Waals surface area contributed by atoms with Crippen LogP contribution >= 0.6 is 34.3 Å². The standard InChI is InChI=1S/C22H22ClN5O4S3/c1-13-10-19(28(26-13)22-24-16-11-15(32-2)5-6-17(16)33-22)25-21(29)14-4-3-9-27(12-14)35(30,31)20-8-7-18(23)34-20/h5-8,10-11,14H,3-4,9,12H2,1-2H3,(H,25,29). The summed E-state index contributed by atoms with van der Waals surface area (Å²) in [7, 11) is -2.09. The number of ether oxygens (including phenoxy) is 1. The normalized spacial score (nSPS) is 17.1. The van der Waals surface area contributed by atoms with Gasteiger partial charge in [0.1, 0.15) is 15.8 Å². The lowest BCUT2D eigenvalue weighted by Crippen LogP contribution is -2.43. The van der Waals surface area contributed by atoms with E-state index in [2.05, 4.69) is 15.4 Å². The van der Waals surface area contributed by atoms with Gasteiger partial charge < -0.3 is 10.1 Å². The Bertz CT molecular complexity index is 1510. The van der Waals surface area contributed by atoms with Crippen LogP contribution in [0.15, 0.2) is 40.6 Å². The number of anilines is 1. The van der Waals surface area contributed by atoms with E-state index in [1.165, 1.54) is 21.7 Å². The third-order valence-electron chi connectivity index (χ3n) is 5.75. The Morgan fingerprint density at radius 1 is 1.23 bits per heavy atom. The molecule has 1 aromatic carbocycles. The van der Waals surface area contributed by atoms with E-state index in [-0.39, 0.29) is 16.7 Å². The van der Waals surface area contributed by atoms with Gasteiger partial charge in [-0.1, -0.05) is 22.9 Å². The molecule has 0 spiro atoms. The molecule has 4 aromatic rings. The summed E-state index contributed by atoms with van der Waals surface area (Å²) in [5.41, 5.74) is 1.50. The smallest absolute Gasteiger partial charge is 0.252 e.